The first-order valence-corrected chi connectivity index (χ1v) is 12.2. The molecular formula is C25H23FN4O4S. The number of ether oxygens (including phenoxy) is 1. The lowest BCUT2D eigenvalue weighted by Crippen LogP contribution is -2.30. The number of benzene rings is 3. The number of sulfonamides is 1. The van der Waals surface area contributed by atoms with E-state index in [4.69, 9.17) is 4.74 Å². The Labute approximate surface area is 202 Å². The molecule has 1 N–H and O–H groups in total. The van der Waals surface area contributed by atoms with E-state index in [2.05, 4.69) is 10.4 Å². The normalized spacial score (nSPS) is 11.2. The largest absolute Gasteiger partial charge is 0.495 e. The Morgan fingerprint density at radius 2 is 1.77 bits per heavy atom. The van der Waals surface area contributed by atoms with Gasteiger partial charge in [0.05, 0.1) is 29.1 Å². The molecule has 0 aliphatic rings. The molecule has 1 amide bonds. The van der Waals surface area contributed by atoms with Crippen LogP contribution >= 0.6 is 0 Å². The number of nitrogens with zero attached hydrogens (tertiary/aromatic N) is 3. The summed E-state index contributed by atoms with van der Waals surface area (Å²) in [7, 11) is -2.49. The second-order valence-corrected chi connectivity index (χ2v) is 9.31. The number of methoxy groups -OCH3 is 1. The van der Waals surface area contributed by atoms with E-state index in [-0.39, 0.29) is 34.4 Å². The van der Waals surface area contributed by atoms with Crippen LogP contribution in [0.15, 0.2) is 90.0 Å². The third kappa shape index (κ3) is 5.02. The van der Waals surface area contributed by atoms with Gasteiger partial charge in [-0.15, -0.1) is 0 Å². The third-order valence-electron chi connectivity index (χ3n) is 5.25. The van der Waals surface area contributed by atoms with Crippen molar-refractivity contribution in [1.29, 1.82) is 0 Å². The smallest absolute Gasteiger partial charge is 0.276 e. The Bertz CT molecular complexity index is 1440. The topological polar surface area (TPSA) is 93.5 Å². The van der Waals surface area contributed by atoms with Crippen LogP contribution in [0.3, 0.4) is 0 Å². The van der Waals surface area contributed by atoms with Gasteiger partial charge in [0.2, 0.25) is 0 Å². The van der Waals surface area contributed by atoms with Gasteiger partial charge in [-0.2, -0.15) is 5.10 Å². The lowest BCUT2D eigenvalue weighted by Gasteiger charge is -2.23. The quantitative estimate of drug-likeness (QED) is 0.390. The molecule has 4 rings (SSSR count). The van der Waals surface area contributed by atoms with Crippen LogP contribution in [0.5, 0.6) is 5.75 Å². The number of hydrogen-bond donors (Lipinski definition) is 1. The fourth-order valence-electron chi connectivity index (χ4n) is 3.53. The molecule has 8 nitrogen and oxygen atoms in total. The number of carbonyl (C=O) groups excluding carboxylic acids is 1. The zero-order valence-electron chi connectivity index (χ0n) is 19.1. The molecule has 0 fully saturated rings. The average Bonchev–Trinajstić information content (AvgIpc) is 3.36. The summed E-state index contributed by atoms with van der Waals surface area (Å²) in [6.45, 7) is 1.97. The number of para-hydroxylation sites is 1. The summed E-state index contributed by atoms with van der Waals surface area (Å²) >= 11 is 0. The highest BCUT2D eigenvalue weighted by Gasteiger charge is 2.25. The van der Waals surface area contributed by atoms with Crippen LogP contribution in [0.2, 0.25) is 0 Å². The minimum Gasteiger partial charge on any atom is -0.495 e. The molecule has 0 saturated heterocycles. The lowest BCUT2D eigenvalue weighted by atomic mass is 10.2. The van der Waals surface area contributed by atoms with E-state index in [1.54, 1.807) is 37.4 Å². The van der Waals surface area contributed by atoms with E-state index >= 15 is 0 Å². The molecule has 0 bridgehead atoms. The van der Waals surface area contributed by atoms with E-state index in [9.17, 15) is 17.6 Å². The Balaban J connectivity index is 1.62. The van der Waals surface area contributed by atoms with Gasteiger partial charge in [-0.25, -0.2) is 17.5 Å². The van der Waals surface area contributed by atoms with Crippen LogP contribution < -0.4 is 14.4 Å². The van der Waals surface area contributed by atoms with E-state index in [1.807, 2.05) is 6.07 Å². The molecule has 4 aromatic rings. The van der Waals surface area contributed by atoms with Gasteiger partial charge in [0.15, 0.2) is 5.69 Å². The molecular weight excluding hydrogens is 471 g/mol. The van der Waals surface area contributed by atoms with Crippen molar-refractivity contribution in [1.82, 2.24) is 9.78 Å². The molecule has 0 radical (unpaired) electrons. The van der Waals surface area contributed by atoms with Gasteiger partial charge >= 0.3 is 0 Å². The van der Waals surface area contributed by atoms with Crippen molar-refractivity contribution in [3.8, 4) is 11.4 Å². The molecule has 10 heteroatoms. The van der Waals surface area contributed by atoms with Gasteiger partial charge in [0.25, 0.3) is 15.9 Å². The molecule has 35 heavy (non-hydrogen) atoms. The summed E-state index contributed by atoms with van der Waals surface area (Å²) < 4.78 is 48.0. The molecule has 1 aromatic heterocycles. The van der Waals surface area contributed by atoms with Crippen molar-refractivity contribution in [3.63, 3.8) is 0 Å². The Morgan fingerprint density at radius 3 is 2.43 bits per heavy atom. The van der Waals surface area contributed by atoms with E-state index in [0.29, 0.717) is 11.4 Å². The number of rotatable bonds is 8. The van der Waals surface area contributed by atoms with Crippen molar-refractivity contribution < 1.29 is 22.3 Å². The summed E-state index contributed by atoms with van der Waals surface area (Å²) in [5.74, 6) is -0.651. The number of amides is 1. The predicted octanol–water partition coefficient (Wildman–Crippen LogP) is 4.49. The third-order valence-corrected chi connectivity index (χ3v) is 7.15. The van der Waals surface area contributed by atoms with Crippen molar-refractivity contribution in [2.75, 3.05) is 23.3 Å². The first kappa shape index (κ1) is 24.0. The van der Waals surface area contributed by atoms with E-state index < -0.39 is 15.9 Å². The predicted molar refractivity (Wildman–Crippen MR) is 131 cm³/mol. The SMILES string of the molecule is CCN(c1ccccc1)S(=O)(=O)c1ccc(OC)c(NC(=O)c2ccn(-c3ccc(F)cc3)n2)c1. The summed E-state index contributed by atoms with van der Waals surface area (Å²) in [6.07, 6.45) is 1.57. The van der Waals surface area contributed by atoms with Crippen LogP contribution in [0.1, 0.15) is 17.4 Å². The fourth-order valence-corrected chi connectivity index (χ4v) is 5.03. The summed E-state index contributed by atoms with van der Waals surface area (Å²) in [5.41, 5.74) is 1.38. The molecule has 1 heterocycles. The zero-order valence-corrected chi connectivity index (χ0v) is 19.9. The summed E-state index contributed by atoms with van der Waals surface area (Å²) in [5, 5.41) is 6.91. The average molecular weight is 495 g/mol. The monoisotopic (exact) mass is 494 g/mol. The standard InChI is InChI=1S/C25H23FN4O4S/c1-3-30(20-7-5-4-6-8-20)35(32,33)21-13-14-24(34-2)23(17-21)27-25(31)22-15-16-29(28-22)19-11-9-18(26)10-12-19/h4-17H,3H2,1-2H3,(H,27,31). The van der Waals surface area contributed by atoms with Crippen LogP contribution in [-0.4, -0.2) is 37.8 Å². The highest BCUT2D eigenvalue weighted by Crippen LogP contribution is 2.31. The summed E-state index contributed by atoms with van der Waals surface area (Å²) in [6, 6.07) is 20.2. The van der Waals surface area contributed by atoms with Gasteiger partial charge in [-0.3, -0.25) is 9.10 Å². The maximum absolute atomic E-state index is 13.4. The number of nitrogens with one attached hydrogen (secondary N) is 1. The molecule has 0 aliphatic heterocycles. The molecule has 3 aromatic carbocycles. The van der Waals surface area contributed by atoms with Gasteiger partial charge in [-0.1, -0.05) is 18.2 Å². The van der Waals surface area contributed by atoms with Crippen LogP contribution in [0.25, 0.3) is 5.69 Å². The van der Waals surface area contributed by atoms with Crippen molar-refractivity contribution in [2.24, 2.45) is 0 Å². The van der Waals surface area contributed by atoms with Crippen LogP contribution in [0.4, 0.5) is 15.8 Å². The highest BCUT2D eigenvalue weighted by molar-refractivity contribution is 7.92. The summed E-state index contributed by atoms with van der Waals surface area (Å²) in [4.78, 5) is 12.9. The van der Waals surface area contributed by atoms with Crippen molar-refractivity contribution >= 4 is 27.3 Å². The molecule has 0 aliphatic carbocycles. The van der Waals surface area contributed by atoms with Crippen molar-refractivity contribution in [2.45, 2.75) is 11.8 Å². The number of halogens is 1. The van der Waals surface area contributed by atoms with E-state index in [0.717, 1.165) is 0 Å². The minimum atomic E-state index is -3.91. The molecule has 0 atom stereocenters. The zero-order chi connectivity index (χ0) is 25.0. The molecule has 180 valence electrons. The first-order valence-electron chi connectivity index (χ1n) is 10.7. The fraction of sp³-hybridized carbons (Fsp3) is 0.120. The van der Waals surface area contributed by atoms with Gasteiger partial charge in [-0.05, 0) is 67.6 Å². The Kier molecular flexibility index (Phi) is 6.83. The number of hydrogen-bond acceptors (Lipinski definition) is 5. The van der Waals surface area contributed by atoms with Crippen LogP contribution in [0, 0.1) is 5.82 Å². The second-order valence-electron chi connectivity index (χ2n) is 7.44. The second kappa shape index (κ2) is 9.98. The number of anilines is 2. The van der Waals surface area contributed by atoms with Crippen molar-refractivity contribution in [3.05, 3.63) is 96.6 Å². The van der Waals surface area contributed by atoms with Gasteiger partial charge in [0, 0.05) is 12.7 Å². The number of carbonyl (C=O) groups is 1. The van der Waals surface area contributed by atoms with Gasteiger partial charge in [0.1, 0.15) is 11.6 Å². The maximum Gasteiger partial charge on any atom is 0.276 e. The Hall–Kier alpha value is -4.18. The van der Waals surface area contributed by atoms with Crippen LogP contribution in [-0.2, 0) is 10.0 Å². The lowest BCUT2D eigenvalue weighted by molar-refractivity contribution is 0.102. The van der Waals surface area contributed by atoms with E-state index in [1.165, 1.54) is 64.6 Å². The molecule has 0 saturated carbocycles. The first-order chi connectivity index (χ1) is 16.8. The maximum atomic E-state index is 13.4. The molecule has 0 spiro atoms. The highest BCUT2D eigenvalue weighted by atomic mass is 32.2. The van der Waals surface area contributed by atoms with Gasteiger partial charge < -0.3 is 10.1 Å². The number of aromatic nitrogens is 2. The Morgan fingerprint density at radius 1 is 1.06 bits per heavy atom. The minimum absolute atomic E-state index is 0.00357. The molecule has 0 unspecified atom stereocenters.